The molecule has 1 aliphatic heterocycles. The zero-order chi connectivity index (χ0) is 10.9. The molecule has 1 aromatic heterocycles. The highest BCUT2D eigenvalue weighted by atomic mass is 16.3. The van der Waals surface area contributed by atoms with Gasteiger partial charge < -0.3 is 5.11 Å². The van der Waals surface area contributed by atoms with Crippen LogP contribution in [0.3, 0.4) is 0 Å². The molecule has 0 radical (unpaired) electrons. The van der Waals surface area contributed by atoms with E-state index in [1.807, 2.05) is 14.0 Å². The third-order valence-corrected chi connectivity index (χ3v) is 2.95. The van der Waals surface area contributed by atoms with Crippen LogP contribution in [0, 0.1) is 0 Å². The van der Waals surface area contributed by atoms with E-state index in [1.54, 1.807) is 10.9 Å². The molecule has 0 aliphatic carbocycles. The Labute approximate surface area is 89.7 Å². The third kappa shape index (κ3) is 2.54. The van der Waals surface area contributed by atoms with Crippen molar-refractivity contribution in [2.45, 2.75) is 31.9 Å². The molecule has 1 saturated heterocycles. The Morgan fingerprint density at radius 2 is 2.40 bits per heavy atom. The lowest BCUT2D eigenvalue weighted by atomic mass is 9.95. The summed E-state index contributed by atoms with van der Waals surface area (Å²) in [4.78, 5) is 2.25. The quantitative estimate of drug-likeness (QED) is 0.755. The summed E-state index contributed by atoms with van der Waals surface area (Å²) >= 11 is 0. The zero-order valence-corrected chi connectivity index (χ0v) is 9.35. The molecule has 0 amide bonds. The first-order valence-electron chi connectivity index (χ1n) is 5.35. The molecule has 0 saturated carbocycles. The van der Waals surface area contributed by atoms with Gasteiger partial charge in [0.25, 0.3) is 0 Å². The predicted molar refractivity (Wildman–Crippen MR) is 56.1 cm³/mol. The molecule has 0 bridgehead atoms. The van der Waals surface area contributed by atoms with E-state index in [2.05, 4.69) is 15.2 Å². The minimum atomic E-state index is -0.537. The van der Waals surface area contributed by atoms with Gasteiger partial charge in [-0.25, -0.2) is 0 Å². The molecule has 15 heavy (non-hydrogen) atoms. The Bertz CT molecular complexity index is 334. The normalized spacial score (nSPS) is 28.2. The number of aliphatic hydroxyl groups is 1. The Morgan fingerprint density at radius 3 is 3.00 bits per heavy atom. The average molecular weight is 210 g/mol. The van der Waals surface area contributed by atoms with Crippen LogP contribution in [-0.2, 0) is 13.6 Å². The summed E-state index contributed by atoms with van der Waals surface area (Å²) in [6.07, 6.45) is 3.73. The number of rotatable bonds is 2. The fourth-order valence-corrected chi connectivity index (χ4v) is 2.14. The standard InChI is InChI=1S/C10H18N4O/c1-10(15)4-3-5-14(8-10)7-9-6-11-12-13(9)2/h6,15H,3-5,7-8H2,1-2H3. The van der Waals surface area contributed by atoms with Gasteiger partial charge in [-0.15, -0.1) is 5.10 Å². The van der Waals surface area contributed by atoms with Crippen LogP contribution < -0.4 is 0 Å². The Morgan fingerprint density at radius 1 is 1.60 bits per heavy atom. The van der Waals surface area contributed by atoms with E-state index in [9.17, 15) is 5.11 Å². The van der Waals surface area contributed by atoms with Gasteiger partial charge in [-0.05, 0) is 26.3 Å². The first kappa shape index (κ1) is 10.6. The molecule has 1 atom stereocenters. The smallest absolute Gasteiger partial charge is 0.0746 e. The van der Waals surface area contributed by atoms with Crippen LogP contribution in [0.25, 0.3) is 0 Å². The van der Waals surface area contributed by atoms with Crippen molar-refractivity contribution in [3.8, 4) is 0 Å². The number of hydrogen-bond donors (Lipinski definition) is 1. The second kappa shape index (κ2) is 3.90. The minimum absolute atomic E-state index is 0.537. The lowest BCUT2D eigenvalue weighted by molar-refractivity contribution is -0.0187. The maximum absolute atomic E-state index is 9.96. The molecule has 84 valence electrons. The minimum Gasteiger partial charge on any atom is -0.389 e. The van der Waals surface area contributed by atoms with Crippen LogP contribution >= 0.6 is 0 Å². The molecule has 1 unspecified atom stereocenters. The summed E-state index contributed by atoms with van der Waals surface area (Å²) in [6, 6.07) is 0. The molecular formula is C10H18N4O. The lowest BCUT2D eigenvalue weighted by Gasteiger charge is -2.36. The molecule has 1 N–H and O–H groups in total. The van der Waals surface area contributed by atoms with E-state index >= 15 is 0 Å². The van der Waals surface area contributed by atoms with E-state index in [-0.39, 0.29) is 0 Å². The summed E-state index contributed by atoms with van der Waals surface area (Å²) in [6.45, 7) is 4.50. The van der Waals surface area contributed by atoms with Gasteiger partial charge in [0.2, 0.25) is 0 Å². The molecular weight excluding hydrogens is 192 g/mol. The van der Waals surface area contributed by atoms with E-state index in [0.29, 0.717) is 0 Å². The molecule has 1 aliphatic rings. The summed E-state index contributed by atoms with van der Waals surface area (Å²) in [5, 5.41) is 17.7. The molecule has 0 spiro atoms. The molecule has 1 fully saturated rings. The summed E-state index contributed by atoms with van der Waals surface area (Å²) in [5.74, 6) is 0. The first-order valence-corrected chi connectivity index (χ1v) is 5.35. The van der Waals surface area contributed by atoms with Crippen LogP contribution in [0.5, 0.6) is 0 Å². The topological polar surface area (TPSA) is 54.2 Å². The maximum atomic E-state index is 9.96. The van der Waals surface area contributed by atoms with E-state index in [0.717, 1.165) is 38.2 Å². The Hall–Kier alpha value is -0.940. The average Bonchev–Trinajstić information content (AvgIpc) is 2.50. The molecule has 5 heteroatoms. The van der Waals surface area contributed by atoms with Gasteiger partial charge >= 0.3 is 0 Å². The van der Waals surface area contributed by atoms with Gasteiger partial charge in [0.15, 0.2) is 0 Å². The molecule has 0 aromatic carbocycles. The van der Waals surface area contributed by atoms with Crippen LogP contribution in [-0.4, -0.2) is 43.7 Å². The zero-order valence-electron chi connectivity index (χ0n) is 9.35. The van der Waals surface area contributed by atoms with Crippen molar-refractivity contribution in [3.05, 3.63) is 11.9 Å². The van der Waals surface area contributed by atoms with Crippen molar-refractivity contribution in [1.29, 1.82) is 0 Å². The summed E-state index contributed by atoms with van der Waals surface area (Å²) < 4.78 is 1.78. The number of aryl methyl sites for hydroxylation is 1. The van der Waals surface area contributed by atoms with E-state index < -0.39 is 5.60 Å². The second-order valence-corrected chi connectivity index (χ2v) is 4.66. The van der Waals surface area contributed by atoms with Crippen molar-refractivity contribution in [3.63, 3.8) is 0 Å². The van der Waals surface area contributed by atoms with Gasteiger partial charge in [-0.1, -0.05) is 5.21 Å². The Balaban J connectivity index is 1.98. The molecule has 1 aromatic rings. The SMILES string of the molecule is Cn1nncc1CN1CCCC(C)(O)C1. The Kier molecular flexibility index (Phi) is 2.75. The third-order valence-electron chi connectivity index (χ3n) is 2.95. The van der Waals surface area contributed by atoms with Gasteiger partial charge in [0.1, 0.15) is 0 Å². The highest BCUT2D eigenvalue weighted by Gasteiger charge is 2.28. The number of likely N-dealkylation sites (tertiary alicyclic amines) is 1. The maximum Gasteiger partial charge on any atom is 0.0746 e. The van der Waals surface area contributed by atoms with Gasteiger partial charge in [0, 0.05) is 20.1 Å². The van der Waals surface area contributed by atoms with Gasteiger partial charge in [-0.3, -0.25) is 9.58 Å². The molecule has 2 heterocycles. The number of nitrogens with zero attached hydrogens (tertiary/aromatic N) is 4. The number of β-amino-alcohol motifs (C(OH)–C–C–N with tert-alkyl or cyclic N) is 1. The fraction of sp³-hybridized carbons (Fsp3) is 0.800. The van der Waals surface area contributed by atoms with Crippen molar-refractivity contribution in [2.24, 2.45) is 7.05 Å². The molecule has 5 nitrogen and oxygen atoms in total. The summed E-state index contributed by atoms with van der Waals surface area (Å²) in [5.41, 5.74) is 0.553. The first-order chi connectivity index (χ1) is 7.07. The van der Waals surface area contributed by atoms with Crippen LogP contribution in [0.1, 0.15) is 25.5 Å². The highest BCUT2D eigenvalue weighted by Crippen LogP contribution is 2.21. The van der Waals surface area contributed by atoms with Crippen LogP contribution in [0.2, 0.25) is 0 Å². The van der Waals surface area contributed by atoms with E-state index in [1.165, 1.54) is 0 Å². The second-order valence-electron chi connectivity index (χ2n) is 4.66. The van der Waals surface area contributed by atoms with E-state index in [4.69, 9.17) is 0 Å². The fourth-order valence-electron chi connectivity index (χ4n) is 2.14. The largest absolute Gasteiger partial charge is 0.389 e. The van der Waals surface area contributed by atoms with Crippen LogP contribution in [0.15, 0.2) is 6.20 Å². The number of piperidine rings is 1. The molecule has 2 rings (SSSR count). The van der Waals surface area contributed by atoms with Crippen molar-refractivity contribution in [1.82, 2.24) is 19.9 Å². The lowest BCUT2D eigenvalue weighted by Crippen LogP contribution is -2.45. The van der Waals surface area contributed by atoms with Crippen molar-refractivity contribution >= 4 is 0 Å². The number of aromatic nitrogens is 3. The number of hydrogen-bond acceptors (Lipinski definition) is 4. The summed E-state index contributed by atoms with van der Waals surface area (Å²) in [7, 11) is 1.89. The predicted octanol–water partition coefficient (Wildman–Crippen LogP) is 0.162. The van der Waals surface area contributed by atoms with Crippen molar-refractivity contribution < 1.29 is 5.11 Å². The van der Waals surface area contributed by atoms with Crippen LogP contribution in [0.4, 0.5) is 0 Å². The monoisotopic (exact) mass is 210 g/mol. The van der Waals surface area contributed by atoms with Crippen molar-refractivity contribution in [2.75, 3.05) is 13.1 Å². The van der Waals surface area contributed by atoms with Gasteiger partial charge in [0.05, 0.1) is 17.5 Å². The highest BCUT2D eigenvalue weighted by molar-refractivity contribution is 4.95. The van der Waals surface area contributed by atoms with Gasteiger partial charge in [-0.2, -0.15) is 0 Å².